The van der Waals surface area contributed by atoms with Crippen LogP contribution in [0.25, 0.3) is 0 Å². The van der Waals surface area contributed by atoms with E-state index in [0.29, 0.717) is 10.6 Å². The van der Waals surface area contributed by atoms with E-state index in [-0.39, 0.29) is 11.4 Å². The average molecular weight is 414 g/mol. The molecule has 1 N–H and O–H groups in total. The molecule has 0 saturated heterocycles. The first-order chi connectivity index (χ1) is 12.6. The number of esters is 1. The summed E-state index contributed by atoms with van der Waals surface area (Å²) in [6, 6.07) is 4.59. The van der Waals surface area contributed by atoms with Gasteiger partial charge in [-0.15, -0.1) is 0 Å². The lowest BCUT2D eigenvalue weighted by Gasteiger charge is -2.45. The number of nitrogens with zero attached hydrogens (tertiary/aromatic N) is 3. The second kappa shape index (κ2) is 7.86. The first kappa shape index (κ1) is 21.2. The number of carboxylic acid groups (broad SMARTS) is 1. The minimum atomic E-state index is -1.81. The predicted octanol–water partition coefficient (Wildman–Crippen LogP) is 4.11. The number of rotatable bonds is 6. The Balaban J connectivity index is 2.85. The van der Waals surface area contributed by atoms with E-state index in [1.807, 2.05) is 0 Å². The Bertz CT molecular complexity index is 834. The van der Waals surface area contributed by atoms with Crippen molar-refractivity contribution in [2.45, 2.75) is 45.8 Å². The molecule has 0 spiro atoms. The van der Waals surface area contributed by atoms with Crippen LogP contribution in [0.3, 0.4) is 0 Å². The molecule has 2 unspecified atom stereocenters. The molecule has 146 valence electrons. The van der Waals surface area contributed by atoms with Gasteiger partial charge in [-0.2, -0.15) is 5.10 Å². The van der Waals surface area contributed by atoms with Crippen LogP contribution in [-0.2, 0) is 19.9 Å². The summed E-state index contributed by atoms with van der Waals surface area (Å²) in [6.07, 6.45) is 1.31. The first-order valence-corrected chi connectivity index (χ1v) is 9.04. The van der Waals surface area contributed by atoms with Gasteiger partial charge in [0.2, 0.25) is 5.54 Å². The number of hydrogen-bond donors (Lipinski definition) is 1. The molecule has 7 nitrogen and oxygen atoms in total. The number of ether oxygens (including phenoxy) is 1. The summed E-state index contributed by atoms with van der Waals surface area (Å²) < 4.78 is 6.85. The SMILES string of the molecule is CCC(=O)OC(c1ccc(Cl)cc1Cl)C(C(=O)O)(n1cncn1)C(C)(C)C. The highest BCUT2D eigenvalue weighted by Gasteiger charge is 2.60. The van der Waals surface area contributed by atoms with Crippen molar-refractivity contribution in [3.05, 3.63) is 46.5 Å². The van der Waals surface area contributed by atoms with Crippen molar-refractivity contribution in [2.75, 3.05) is 0 Å². The van der Waals surface area contributed by atoms with E-state index in [2.05, 4.69) is 10.1 Å². The summed E-state index contributed by atoms with van der Waals surface area (Å²) >= 11 is 12.3. The van der Waals surface area contributed by atoms with E-state index >= 15 is 0 Å². The highest BCUT2D eigenvalue weighted by molar-refractivity contribution is 6.35. The molecule has 2 rings (SSSR count). The van der Waals surface area contributed by atoms with Crippen LogP contribution in [0, 0.1) is 5.41 Å². The lowest BCUT2D eigenvalue weighted by molar-refractivity contribution is -0.180. The molecule has 0 saturated carbocycles. The minimum absolute atomic E-state index is 0.0684. The van der Waals surface area contributed by atoms with Gasteiger partial charge < -0.3 is 9.84 Å². The third kappa shape index (κ3) is 3.80. The van der Waals surface area contributed by atoms with Crippen LogP contribution in [0.15, 0.2) is 30.9 Å². The van der Waals surface area contributed by atoms with Crippen LogP contribution >= 0.6 is 23.2 Å². The van der Waals surface area contributed by atoms with Gasteiger partial charge in [-0.1, -0.05) is 57.0 Å². The number of halogens is 2. The lowest BCUT2D eigenvalue weighted by atomic mass is 9.68. The van der Waals surface area contributed by atoms with E-state index < -0.39 is 29.0 Å². The molecule has 0 amide bonds. The van der Waals surface area contributed by atoms with Crippen molar-refractivity contribution in [3.8, 4) is 0 Å². The number of carbonyl (C=O) groups is 2. The number of hydrogen-bond acceptors (Lipinski definition) is 5. The Labute approximate surface area is 167 Å². The third-order valence-corrected chi connectivity index (χ3v) is 4.97. The number of aromatic nitrogens is 3. The monoisotopic (exact) mass is 413 g/mol. The van der Waals surface area contributed by atoms with Crippen LogP contribution < -0.4 is 0 Å². The summed E-state index contributed by atoms with van der Waals surface area (Å²) in [5, 5.41) is 15.0. The standard InChI is InChI=1S/C18H21Cl2N3O4/c1-5-14(24)27-15(12-7-6-11(19)8-13(12)20)18(16(25)26,17(2,3)4)23-10-21-9-22-23/h6-10,15H,5H2,1-4H3,(H,25,26). The molecule has 0 bridgehead atoms. The summed E-state index contributed by atoms with van der Waals surface area (Å²) in [7, 11) is 0. The molecule has 1 aromatic heterocycles. The number of carboxylic acids is 1. The molecular weight excluding hydrogens is 393 g/mol. The third-order valence-electron chi connectivity index (χ3n) is 4.41. The largest absolute Gasteiger partial charge is 0.479 e. The Kier molecular flexibility index (Phi) is 6.17. The highest BCUT2D eigenvalue weighted by atomic mass is 35.5. The number of benzene rings is 1. The molecule has 0 aliphatic carbocycles. The zero-order valence-corrected chi connectivity index (χ0v) is 17.0. The van der Waals surface area contributed by atoms with Crippen molar-refractivity contribution in [3.63, 3.8) is 0 Å². The van der Waals surface area contributed by atoms with Gasteiger partial charge in [0, 0.05) is 27.4 Å². The second-order valence-corrected chi connectivity index (χ2v) is 7.89. The van der Waals surface area contributed by atoms with Crippen LogP contribution in [0.1, 0.15) is 45.8 Å². The Morgan fingerprint density at radius 1 is 1.30 bits per heavy atom. The number of aliphatic carboxylic acids is 1. The molecule has 1 heterocycles. The van der Waals surface area contributed by atoms with E-state index in [0.717, 1.165) is 0 Å². The van der Waals surface area contributed by atoms with Gasteiger partial charge in [0.05, 0.1) is 0 Å². The maximum Gasteiger partial charge on any atom is 0.336 e. The Hall–Kier alpha value is -2.12. The number of carbonyl (C=O) groups excluding carboxylic acids is 1. The van der Waals surface area contributed by atoms with Crippen molar-refractivity contribution in [2.24, 2.45) is 5.41 Å². The molecule has 0 aliphatic rings. The van der Waals surface area contributed by atoms with Gasteiger partial charge in [-0.3, -0.25) is 4.79 Å². The van der Waals surface area contributed by atoms with Gasteiger partial charge in [0.25, 0.3) is 0 Å². The van der Waals surface area contributed by atoms with E-state index in [4.69, 9.17) is 27.9 Å². The molecular formula is C18H21Cl2N3O4. The van der Waals surface area contributed by atoms with Crippen LogP contribution in [0.5, 0.6) is 0 Å². The average Bonchev–Trinajstić information content (AvgIpc) is 3.07. The normalized spacial score (nSPS) is 15.0. The van der Waals surface area contributed by atoms with Crippen LogP contribution in [0.4, 0.5) is 0 Å². The van der Waals surface area contributed by atoms with Gasteiger partial charge in [0.1, 0.15) is 12.7 Å². The summed E-state index contributed by atoms with van der Waals surface area (Å²) in [5.74, 6) is -1.80. The maximum absolute atomic E-state index is 12.7. The van der Waals surface area contributed by atoms with E-state index in [9.17, 15) is 14.7 Å². The topological polar surface area (TPSA) is 94.3 Å². The zero-order chi connectivity index (χ0) is 20.4. The molecule has 2 atom stereocenters. The van der Waals surface area contributed by atoms with Gasteiger partial charge in [-0.05, 0) is 12.1 Å². The Morgan fingerprint density at radius 2 is 1.96 bits per heavy atom. The second-order valence-electron chi connectivity index (χ2n) is 7.05. The molecule has 27 heavy (non-hydrogen) atoms. The van der Waals surface area contributed by atoms with Crippen molar-refractivity contribution in [1.82, 2.24) is 14.8 Å². The molecule has 2 aromatic rings. The fourth-order valence-electron chi connectivity index (χ4n) is 3.08. The highest BCUT2D eigenvalue weighted by Crippen LogP contribution is 2.50. The fourth-order valence-corrected chi connectivity index (χ4v) is 3.59. The molecule has 0 fully saturated rings. The molecule has 9 heteroatoms. The summed E-state index contributed by atoms with van der Waals surface area (Å²) in [6.45, 7) is 6.79. The van der Waals surface area contributed by atoms with Crippen molar-refractivity contribution >= 4 is 35.1 Å². The van der Waals surface area contributed by atoms with Crippen LogP contribution in [0.2, 0.25) is 10.0 Å². The fraction of sp³-hybridized carbons (Fsp3) is 0.444. The molecule has 1 aromatic carbocycles. The minimum Gasteiger partial charge on any atom is -0.479 e. The lowest BCUT2D eigenvalue weighted by Crippen LogP contribution is -2.57. The molecule has 0 aliphatic heterocycles. The van der Waals surface area contributed by atoms with Gasteiger partial charge in [0.15, 0.2) is 6.10 Å². The predicted molar refractivity (Wildman–Crippen MR) is 101 cm³/mol. The summed E-state index contributed by atoms with van der Waals surface area (Å²) in [4.78, 5) is 28.8. The van der Waals surface area contributed by atoms with Crippen molar-refractivity contribution in [1.29, 1.82) is 0 Å². The summed E-state index contributed by atoms with van der Waals surface area (Å²) in [5.41, 5.74) is -2.45. The van der Waals surface area contributed by atoms with Crippen molar-refractivity contribution < 1.29 is 19.4 Å². The van der Waals surface area contributed by atoms with Crippen LogP contribution in [-0.4, -0.2) is 31.8 Å². The smallest absolute Gasteiger partial charge is 0.336 e. The Morgan fingerprint density at radius 3 is 2.41 bits per heavy atom. The quantitative estimate of drug-likeness (QED) is 0.715. The molecule has 0 radical (unpaired) electrons. The van der Waals surface area contributed by atoms with Gasteiger partial charge >= 0.3 is 11.9 Å². The van der Waals surface area contributed by atoms with E-state index in [1.54, 1.807) is 39.8 Å². The van der Waals surface area contributed by atoms with E-state index in [1.165, 1.54) is 23.4 Å². The first-order valence-electron chi connectivity index (χ1n) is 8.28. The maximum atomic E-state index is 12.7. The van der Waals surface area contributed by atoms with Gasteiger partial charge in [-0.25, -0.2) is 14.5 Å². The zero-order valence-electron chi connectivity index (χ0n) is 15.4.